The minimum absolute atomic E-state index is 0.426. The topological polar surface area (TPSA) is 51.6 Å². The molecule has 2 rings (SSSR count). The lowest BCUT2D eigenvalue weighted by Crippen LogP contribution is -2.09. The number of para-hydroxylation sites is 1. The van der Waals surface area contributed by atoms with Gasteiger partial charge in [0.05, 0.1) is 12.3 Å². The summed E-state index contributed by atoms with van der Waals surface area (Å²) in [5.41, 5.74) is 1.21. The molecule has 0 saturated carbocycles. The van der Waals surface area contributed by atoms with Gasteiger partial charge in [0.25, 0.3) is 0 Å². The summed E-state index contributed by atoms with van der Waals surface area (Å²) in [4.78, 5) is 4.27. The van der Waals surface area contributed by atoms with E-state index in [4.69, 9.17) is 9.47 Å². The maximum absolute atomic E-state index is 10.6. The van der Waals surface area contributed by atoms with Gasteiger partial charge in [-0.15, -0.1) is 0 Å². The molecule has 0 aliphatic carbocycles. The van der Waals surface area contributed by atoms with Crippen molar-refractivity contribution in [1.82, 2.24) is 4.98 Å². The van der Waals surface area contributed by atoms with Gasteiger partial charge in [0.15, 0.2) is 0 Å². The van der Waals surface area contributed by atoms with Crippen molar-refractivity contribution in [3.8, 4) is 5.75 Å². The van der Waals surface area contributed by atoms with Gasteiger partial charge in [-0.25, -0.2) is 0 Å². The molecule has 1 unspecified atom stereocenters. The van der Waals surface area contributed by atoms with Gasteiger partial charge in [0, 0.05) is 27.8 Å². The van der Waals surface area contributed by atoms with Crippen molar-refractivity contribution in [3.05, 3.63) is 56.7 Å². The Hall–Kier alpha value is -0.950. The average molecular weight is 417 g/mol. The molecule has 0 bridgehead atoms. The van der Waals surface area contributed by atoms with Gasteiger partial charge in [0.1, 0.15) is 18.5 Å². The number of aromatic nitrogens is 1. The number of hydrogen-bond acceptors (Lipinski definition) is 4. The lowest BCUT2D eigenvalue weighted by molar-refractivity contribution is 0.142. The molecule has 1 N–H and O–H groups in total. The van der Waals surface area contributed by atoms with Crippen molar-refractivity contribution in [2.75, 3.05) is 20.3 Å². The lowest BCUT2D eigenvalue weighted by Gasteiger charge is -2.17. The maximum Gasteiger partial charge on any atom is 0.126 e. The van der Waals surface area contributed by atoms with Crippen molar-refractivity contribution in [2.24, 2.45) is 0 Å². The van der Waals surface area contributed by atoms with E-state index in [-0.39, 0.29) is 0 Å². The van der Waals surface area contributed by atoms with Gasteiger partial charge in [-0.1, -0.05) is 18.2 Å². The number of aliphatic hydroxyl groups is 1. The van der Waals surface area contributed by atoms with Crippen LogP contribution in [0.25, 0.3) is 0 Å². The minimum Gasteiger partial charge on any atom is -0.491 e. The third-order valence-electron chi connectivity index (χ3n) is 2.85. The van der Waals surface area contributed by atoms with Gasteiger partial charge in [-0.2, -0.15) is 0 Å². The highest BCUT2D eigenvalue weighted by molar-refractivity contribution is 9.11. The van der Waals surface area contributed by atoms with Gasteiger partial charge in [0.2, 0.25) is 0 Å². The highest BCUT2D eigenvalue weighted by Crippen LogP contribution is 2.33. The molecular weight excluding hydrogens is 402 g/mol. The second-order valence-electron chi connectivity index (χ2n) is 4.30. The highest BCUT2D eigenvalue weighted by atomic mass is 79.9. The van der Waals surface area contributed by atoms with Gasteiger partial charge in [-0.3, -0.25) is 4.98 Å². The van der Waals surface area contributed by atoms with Crippen LogP contribution in [-0.4, -0.2) is 30.4 Å². The summed E-state index contributed by atoms with van der Waals surface area (Å²) >= 11 is 6.77. The molecule has 0 aliphatic rings. The van der Waals surface area contributed by atoms with Crippen LogP contribution in [0.5, 0.6) is 5.75 Å². The van der Waals surface area contributed by atoms with E-state index in [1.807, 2.05) is 30.3 Å². The van der Waals surface area contributed by atoms with Crippen LogP contribution >= 0.6 is 31.9 Å². The predicted molar refractivity (Wildman–Crippen MR) is 87.5 cm³/mol. The Balaban J connectivity index is 2.27. The molecular formula is C15H15Br2NO3. The molecule has 21 heavy (non-hydrogen) atoms. The predicted octanol–water partition coefficient (Wildman–Crippen LogP) is 3.71. The van der Waals surface area contributed by atoms with E-state index in [0.29, 0.717) is 30.2 Å². The Morgan fingerprint density at radius 1 is 1.24 bits per heavy atom. The first-order chi connectivity index (χ1) is 10.1. The second-order valence-corrected chi connectivity index (χ2v) is 6.07. The fourth-order valence-electron chi connectivity index (χ4n) is 1.85. The molecule has 0 spiro atoms. The van der Waals surface area contributed by atoms with E-state index >= 15 is 0 Å². The molecule has 1 heterocycles. The van der Waals surface area contributed by atoms with E-state index in [1.165, 1.54) is 0 Å². The smallest absolute Gasteiger partial charge is 0.126 e. The normalized spacial score (nSPS) is 12.2. The molecule has 1 atom stereocenters. The molecule has 112 valence electrons. The van der Waals surface area contributed by atoms with Gasteiger partial charge in [-0.05, 0) is 44.0 Å². The zero-order valence-corrected chi connectivity index (χ0v) is 14.6. The zero-order chi connectivity index (χ0) is 15.2. The number of halogens is 2. The minimum atomic E-state index is -0.869. The molecule has 2 aromatic rings. The molecule has 1 aromatic carbocycles. The number of ether oxygens (including phenoxy) is 2. The molecule has 0 fully saturated rings. The monoisotopic (exact) mass is 415 g/mol. The molecule has 0 radical (unpaired) electrons. The SMILES string of the molecule is COCCOc1ccccc1C(O)c1ncc(Br)cc1Br. The van der Waals surface area contributed by atoms with Crippen LogP contribution in [0.3, 0.4) is 0 Å². The van der Waals surface area contributed by atoms with E-state index in [0.717, 1.165) is 8.95 Å². The third kappa shape index (κ3) is 4.26. The van der Waals surface area contributed by atoms with Gasteiger partial charge < -0.3 is 14.6 Å². The number of pyridine rings is 1. The summed E-state index contributed by atoms with van der Waals surface area (Å²) < 4.78 is 12.2. The third-order valence-corrected chi connectivity index (χ3v) is 3.92. The van der Waals surface area contributed by atoms with Crippen LogP contribution < -0.4 is 4.74 Å². The summed E-state index contributed by atoms with van der Waals surface area (Å²) in [5, 5.41) is 10.6. The molecule has 0 aliphatic heterocycles. The Kier molecular flexibility index (Phi) is 6.17. The van der Waals surface area contributed by atoms with Crippen LogP contribution in [0.4, 0.5) is 0 Å². The zero-order valence-electron chi connectivity index (χ0n) is 11.4. The van der Waals surface area contributed by atoms with Crippen molar-refractivity contribution in [1.29, 1.82) is 0 Å². The number of aliphatic hydroxyl groups excluding tert-OH is 1. The fourth-order valence-corrected chi connectivity index (χ4v) is 3.05. The molecule has 6 heteroatoms. The fraction of sp³-hybridized carbons (Fsp3) is 0.267. The first kappa shape index (κ1) is 16.4. The Morgan fingerprint density at radius 2 is 2.00 bits per heavy atom. The highest BCUT2D eigenvalue weighted by Gasteiger charge is 2.19. The Labute approximate surface area is 140 Å². The Morgan fingerprint density at radius 3 is 2.71 bits per heavy atom. The van der Waals surface area contributed by atoms with Crippen molar-refractivity contribution in [2.45, 2.75) is 6.10 Å². The van der Waals surface area contributed by atoms with Crippen LogP contribution in [0.15, 0.2) is 45.5 Å². The lowest BCUT2D eigenvalue weighted by atomic mass is 10.0. The number of methoxy groups -OCH3 is 1. The first-order valence-corrected chi connectivity index (χ1v) is 7.91. The van der Waals surface area contributed by atoms with Crippen LogP contribution in [0, 0.1) is 0 Å². The van der Waals surface area contributed by atoms with E-state index in [2.05, 4.69) is 36.8 Å². The average Bonchev–Trinajstić information content (AvgIpc) is 2.47. The number of nitrogens with zero attached hydrogens (tertiary/aromatic N) is 1. The number of rotatable bonds is 6. The first-order valence-electron chi connectivity index (χ1n) is 6.33. The van der Waals surface area contributed by atoms with Crippen LogP contribution in [-0.2, 0) is 4.74 Å². The quantitative estimate of drug-likeness (QED) is 0.729. The summed E-state index contributed by atoms with van der Waals surface area (Å²) in [5.74, 6) is 0.624. The summed E-state index contributed by atoms with van der Waals surface area (Å²) in [6, 6.07) is 9.21. The van der Waals surface area contributed by atoms with Crippen molar-refractivity contribution < 1.29 is 14.6 Å². The maximum atomic E-state index is 10.6. The van der Waals surface area contributed by atoms with Crippen LogP contribution in [0.2, 0.25) is 0 Å². The summed E-state index contributed by atoms with van der Waals surface area (Å²) in [6.45, 7) is 0.916. The molecule has 0 saturated heterocycles. The molecule has 0 amide bonds. The van der Waals surface area contributed by atoms with E-state index < -0.39 is 6.10 Å². The summed E-state index contributed by atoms with van der Waals surface area (Å²) in [7, 11) is 1.62. The number of hydrogen-bond donors (Lipinski definition) is 1. The van der Waals surface area contributed by atoms with Gasteiger partial charge >= 0.3 is 0 Å². The van der Waals surface area contributed by atoms with Crippen LogP contribution in [0.1, 0.15) is 17.4 Å². The van der Waals surface area contributed by atoms with E-state index in [1.54, 1.807) is 13.3 Å². The second kappa shape index (κ2) is 7.89. The molecule has 4 nitrogen and oxygen atoms in total. The van der Waals surface area contributed by atoms with Crippen molar-refractivity contribution in [3.63, 3.8) is 0 Å². The van der Waals surface area contributed by atoms with E-state index in [9.17, 15) is 5.11 Å². The number of benzene rings is 1. The summed E-state index contributed by atoms with van der Waals surface area (Å²) in [6.07, 6.45) is 0.781. The largest absolute Gasteiger partial charge is 0.491 e. The van der Waals surface area contributed by atoms with Crippen molar-refractivity contribution >= 4 is 31.9 Å². The molecule has 1 aromatic heterocycles. The Bertz CT molecular complexity index is 607. The standard InChI is InChI=1S/C15H15Br2NO3/c1-20-6-7-21-13-5-3-2-4-11(13)15(19)14-12(17)8-10(16)9-18-14/h2-5,8-9,15,19H,6-7H2,1H3.